The number of hydrogen-bond donors (Lipinski definition) is 0. The third kappa shape index (κ3) is 5.95. The van der Waals surface area contributed by atoms with Gasteiger partial charge in [0, 0.05) is 13.0 Å². The van der Waals surface area contributed by atoms with Crippen molar-refractivity contribution in [2.75, 3.05) is 26.0 Å². The van der Waals surface area contributed by atoms with Gasteiger partial charge in [0.05, 0.1) is 36.1 Å². The molecule has 0 N–H and O–H groups in total. The van der Waals surface area contributed by atoms with E-state index < -0.39 is 15.7 Å². The topological polar surface area (TPSA) is 72.9 Å². The first-order chi connectivity index (χ1) is 14.2. The first-order valence-electron chi connectivity index (χ1n) is 9.44. The number of hydrogen-bond acceptors (Lipinski definition) is 5. The van der Waals surface area contributed by atoms with E-state index in [4.69, 9.17) is 32.1 Å². The summed E-state index contributed by atoms with van der Waals surface area (Å²) in [5.74, 6) is 0.0329. The minimum atomic E-state index is -3.57. The van der Waals surface area contributed by atoms with E-state index in [1.54, 1.807) is 17.0 Å². The summed E-state index contributed by atoms with van der Waals surface area (Å²) in [5, 5.41) is 0.806. The lowest BCUT2D eigenvalue weighted by Crippen LogP contribution is -2.50. The van der Waals surface area contributed by atoms with Crippen molar-refractivity contribution in [2.45, 2.75) is 25.0 Å². The minimum absolute atomic E-state index is 0.0329. The Morgan fingerprint density at radius 2 is 1.80 bits per heavy atom. The van der Waals surface area contributed by atoms with E-state index in [1.807, 2.05) is 36.4 Å². The van der Waals surface area contributed by atoms with Crippen LogP contribution < -0.4 is 0 Å². The van der Waals surface area contributed by atoms with Gasteiger partial charge in [0.1, 0.15) is 5.60 Å². The average Bonchev–Trinajstić information content (AvgIpc) is 2.70. The van der Waals surface area contributed by atoms with Crippen LogP contribution in [0.1, 0.15) is 24.0 Å². The molecule has 0 saturated carbocycles. The van der Waals surface area contributed by atoms with Crippen molar-refractivity contribution in [1.82, 2.24) is 4.90 Å². The van der Waals surface area contributed by atoms with Crippen molar-refractivity contribution in [2.24, 2.45) is 0 Å². The quantitative estimate of drug-likeness (QED) is 0.429. The van der Waals surface area contributed by atoms with Crippen LogP contribution >= 0.6 is 23.2 Å². The molecule has 1 atom stereocenters. The van der Waals surface area contributed by atoms with Gasteiger partial charge < -0.3 is 9.64 Å². The normalized spacial score (nSPS) is 19.8. The van der Waals surface area contributed by atoms with Crippen LogP contribution in [0.25, 0.3) is 0 Å². The maximum Gasteiger partial charge on any atom is 0.264 e. The molecule has 0 spiro atoms. The monoisotopic (exact) mass is 471 g/mol. The summed E-state index contributed by atoms with van der Waals surface area (Å²) < 4.78 is 33.5. The fourth-order valence-corrected chi connectivity index (χ4v) is 4.20. The standard InChI is InChI=1S/C21H23Cl2NO5S/c1-30(26,27)29-12-11-28-21(17-7-8-18(22)19(23)13-17)10-9-20(25)24(15-21)14-16-5-3-2-4-6-16/h2-8,13H,9-12,14-15H2,1H3. The Hall–Kier alpha value is -1.64. The van der Waals surface area contributed by atoms with Crippen LogP contribution in [-0.4, -0.2) is 45.2 Å². The number of rotatable bonds is 8. The number of carbonyl (C=O) groups is 1. The summed E-state index contributed by atoms with van der Waals surface area (Å²) >= 11 is 12.3. The van der Waals surface area contributed by atoms with Gasteiger partial charge >= 0.3 is 0 Å². The fraction of sp³-hybridized carbons (Fsp3) is 0.381. The number of nitrogens with zero attached hydrogens (tertiary/aromatic N) is 1. The van der Waals surface area contributed by atoms with Crippen LogP contribution in [0, 0.1) is 0 Å². The van der Waals surface area contributed by atoms with E-state index in [0.717, 1.165) is 17.4 Å². The third-order valence-corrected chi connectivity index (χ3v) is 6.30. The van der Waals surface area contributed by atoms with E-state index in [0.29, 0.717) is 36.0 Å². The molecule has 1 unspecified atom stereocenters. The molecule has 0 bridgehead atoms. The van der Waals surface area contributed by atoms with Gasteiger partial charge in [-0.3, -0.25) is 8.98 Å². The van der Waals surface area contributed by atoms with Gasteiger partial charge in [-0.05, 0) is 29.7 Å². The summed E-state index contributed by atoms with van der Waals surface area (Å²) in [5.41, 5.74) is 0.940. The lowest BCUT2D eigenvalue weighted by atomic mass is 9.84. The number of carbonyl (C=O) groups excluding carboxylic acids is 1. The second-order valence-corrected chi connectivity index (χ2v) is 9.69. The zero-order valence-corrected chi connectivity index (χ0v) is 18.8. The Kier molecular flexibility index (Phi) is 7.42. The van der Waals surface area contributed by atoms with Crippen molar-refractivity contribution < 1.29 is 22.1 Å². The molecule has 0 aromatic heterocycles. The van der Waals surface area contributed by atoms with Crippen molar-refractivity contribution in [3.05, 3.63) is 69.7 Å². The molecule has 3 rings (SSSR count). The van der Waals surface area contributed by atoms with Crippen molar-refractivity contribution in [3.8, 4) is 0 Å². The maximum atomic E-state index is 12.6. The van der Waals surface area contributed by atoms with E-state index in [2.05, 4.69) is 0 Å². The third-order valence-electron chi connectivity index (χ3n) is 4.96. The molecule has 1 fully saturated rings. The maximum absolute atomic E-state index is 12.6. The highest BCUT2D eigenvalue weighted by molar-refractivity contribution is 7.85. The van der Waals surface area contributed by atoms with Crippen molar-refractivity contribution in [3.63, 3.8) is 0 Å². The predicted octanol–water partition coefficient (Wildman–Crippen LogP) is 4.00. The first-order valence-corrected chi connectivity index (χ1v) is 12.0. The highest BCUT2D eigenvalue weighted by atomic mass is 35.5. The van der Waals surface area contributed by atoms with E-state index in [9.17, 15) is 13.2 Å². The first kappa shape index (κ1) is 23.0. The van der Waals surface area contributed by atoms with Crippen LogP contribution in [0.15, 0.2) is 48.5 Å². The summed E-state index contributed by atoms with van der Waals surface area (Å²) in [7, 11) is -3.57. The largest absolute Gasteiger partial charge is 0.366 e. The van der Waals surface area contributed by atoms with Crippen molar-refractivity contribution >= 4 is 39.2 Å². The minimum Gasteiger partial charge on any atom is -0.366 e. The van der Waals surface area contributed by atoms with E-state index in [-0.39, 0.29) is 19.1 Å². The van der Waals surface area contributed by atoms with Crippen molar-refractivity contribution in [1.29, 1.82) is 0 Å². The van der Waals surface area contributed by atoms with Gasteiger partial charge in [-0.1, -0.05) is 59.6 Å². The molecule has 1 heterocycles. The Bertz CT molecular complexity index is 1000. The van der Waals surface area contributed by atoms with Gasteiger partial charge in [-0.25, -0.2) is 0 Å². The number of amides is 1. The van der Waals surface area contributed by atoms with Gasteiger partial charge in [0.15, 0.2) is 0 Å². The average molecular weight is 472 g/mol. The fourth-order valence-electron chi connectivity index (χ4n) is 3.53. The van der Waals surface area contributed by atoms with E-state index in [1.165, 1.54) is 0 Å². The van der Waals surface area contributed by atoms with Gasteiger partial charge in [-0.15, -0.1) is 0 Å². The van der Waals surface area contributed by atoms with Gasteiger partial charge in [0.25, 0.3) is 10.1 Å². The molecular formula is C21H23Cl2NO5S. The second kappa shape index (κ2) is 9.66. The lowest BCUT2D eigenvalue weighted by Gasteiger charge is -2.43. The SMILES string of the molecule is CS(=O)(=O)OCCOC1(c2ccc(Cl)c(Cl)c2)CCC(=O)N(Cc2ccccc2)C1. The molecular weight excluding hydrogens is 449 g/mol. The highest BCUT2D eigenvalue weighted by Crippen LogP contribution is 2.38. The molecule has 162 valence electrons. The zero-order chi connectivity index (χ0) is 21.8. The summed E-state index contributed by atoms with van der Waals surface area (Å²) in [6.45, 7) is 0.679. The Morgan fingerprint density at radius 3 is 2.47 bits per heavy atom. The number of likely N-dealkylation sites (tertiary alicyclic amines) is 1. The molecule has 9 heteroatoms. The number of benzene rings is 2. The molecule has 1 aliphatic heterocycles. The van der Waals surface area contributed by atoms with Gasteiger partial charge in [0.2, 0.25) is 5.91 Å². The number of piperidine rings is 1. The molecule has 6 nitrogen and oxygen atoms in total. The lowest BCUT2D eigenvalue weighted by molar-refractivity contribution is -0.152. The smallest absolute Gasteiger partial charge is 0.264 e. The van der Waals surface area contributed by atoms with Crippen LogP contribution in [0.2, 0.25) is 10.0 Å². The molecule has 0 aliphatic carbocycles. The van der Waals surface area contributed by atoms with Crippen LogP contribution in [-0.2, 0) is 36.0 Å². The van der Waals surface area contributed by atoms with Gasteiger partial charge in [-0.2, -0.15) is 8.42 Å². The molecule has 2 aromatic carbocycles. The molecule has 1 amide bonds. The Morgan fingerprint density at radius 1 is 1.07 bits per heavy atom. The molecule has 1 saturated heterocycles. The van der Waals surface area contributed by atoms with E-state index >= 15 is 0 Å². The summed E-state index contributed by atoms with van der Waals surface area (Å²) in [4.78, 5) is 14.4. The van der Waals surface area contributed by atoms with Crippen LogP contribution in [0.5, 0.6) is 0 Å². The molecule has 0 radical (unpaired) electrons. The number of halogens is 2. The second-order valence-electron chi connectivity index (χ2n) is 7.23. The summed E-state index contributed by atoms with van der Waals surface area (Å²) in [6, 6.07) is 14.9. The van der Waals surface area contributed by atoms with Crippen LogP contribution in [0.4, 0.5) is 0 Å². The molecule has 2 aromatic rings. The Balaban J connectivity index is 1.85. The predicted molar refractivity (Wildman–Crippen MR) is 116 cm³/mol. The Labute approximate surface area is 186 Å². The highest BCUT2D eigenvalue weighted by Gasteiger charge is 2.41. The zero-order valence-electron chi connectivity index (χ0n) is 16.5. The molecule has 30 heavy (non-hydrogen) atoms. The number of ether oxygens (including phenoxy) is 1. The van der Waals surface area contributed by atoms with Crippen LogP contribution in [0.3, 0.4) is 0 Å². The molecule has 1 aliphatic rings. The summed E-state index contributed by atoms with van der Waals surface area (Å²) in [6.07, 6.45) is 1.72.